The largest absolute Gasteiger partial charge is 0.351 e. The molecule has 4 rings (SSSR count). The third kappa shape index (κ3) is 8.40. The highest BCUT2D eigenvalue weighted by Gasteiger charge is 2.19. The lowest BCUT2D eigenvalue weighted by molar-refractivity contribution is 0.351. The van der Waals surface area contributed by atoms with Crippen molar-refractivity contribution in [2.24, 2.45) is 0 Å². The normalized spacial score (nSPS) is 15.7. The average molecular weight is 600 g/mol. The zero-order valence-corrected chi connectivity index (χ0v) is 27.3. The fourth-order valence-electron chi connectivity index (χ4n) is 5.60. The summed E-state index contributed by atoms with van der Waals surface area (Å²) < 4.78 is 0. The molecule has 3 aromatic carbocycles. The Bertz CT molecular complexity index is 1840. The number of allylic oxidation sites excluding steroid dienone is 17. The maximum Gasteiger partial charge on any atom is 0.0276 e. The number of fused-ring (bicyclic) bond motifs is 1. The second-order valence-electron chi connectivity index (χ2n) is 11.1. The van der Waals surface area contributed by atoms with E-state index in [4.69, 9.17) is 0 Å². The lowest BCUT2D eigenvalue weighted by atomic mass is 9.84. The van der Waals surface area contributed by atoms with Crippen molar-refractivity contribution in [3.05, 3.63) is 217 Å². The molecule has 1 fully saturated rings. The first-order valence-corrected chi connectivity index (χ1v) is 15.9. The Morgan fingerprint density at radius 3 is 2.24 bits per heavy atom. The molecule has 1 heteroatoms. The molecule has 0 saturated carbocycles. The van der Waals surface area contributed by atoms with Gasteiger partial charge in [-0.15, -0.1) is 0 Å². The van der Waals surface area contributed by atoms with Crippen molar-refractivity contribution in [1.29, 1.82) is 0 Å². The van der Waals surface area contributed by atoms with Gasteiger partial charge in [0.1, 0.15) is 0 Å². The SMILES string of the molecule is C=C/C=C/C=C\C=C(C=C)/C(C=C)=C(/c1ccc2cc(C)ccc2c1)c1ccccc1/C(=C/C=C)C/C=C\N1CC/C1=C\C=C/C. The first-order valence-electron chi connectivity index (χ1n) is 15.9. The van der Waals surface area contributed by atoms with Crippen LogP contribution in [0.15, 0.2) is 195 Å². The summed E-state index contributed by atoms with van der Waals surface area (Å²) in [6.45, 7) is 21.5. The number of nitrogens with zero attached hydrogens (tertiary/aromatic N) is 1. The van der Waals surface area contributed by atoms with Crippen molar-refractivity contribution in [2.75, 3.05) is 6.54 Å². The van der Waals surface area contributed by atoms with E-state index < -0.39 is 0 Å². The summed E-state index contributed by atoms with van der Waals surface area (Å²) in [5, 5.41) is 2.42. The maximum atomic E-state index is 4.30. The minimum atomic E-state index is 0.770. The molecule has 0 unspecified atom stereocenters. The molecule has 0 radical (unpaired) electrons. The van der Waals surface area contributed by atoms with Crippen LogP contribution in [0.1, 0.15) is 42.0 Å². The average Bonchev–Trinajstić information content (AvgIpc) is 3.06. The summed E-state index contributed by atoms with van der Waals surface area (Å²) in [4.78, 5) is 2.31. The molecular formula is C45H45N. The Morgan fingerprint density at radius 2 is 1.54 bits per heavy atom. The van der Waals surface area contributed by atoms with Gasteiger partial charge in [-0.3, -0.25) is 0 Å². The van der Waals surface area contributed by atoms with Crippen molar-refractivity contribution in [2.45, 2.75) is 26.7 Å². The lowest BCUT2D eigenvalue weighted by Gasteiger charge is -2.33. The van der Waals surface area contributed by atoms with Crippen molar-refractivity contribution in [1.82, 2.24) is 4.90 Å². The molecule has 3 aromatic rings. The smallest absolute Gasteiger partial charge is 0.0276 e. The van der Waals surface area contributed by atoms with Gasteiger partial charge in [-0.1, -0.05) is 165 Å². The molecule has 1 heterocycles. The maximum absolute atomic E-state index is 4.30. The number of hydrogen-bond acceptors (Lipinski definition) is 1. The van der Waals surface area contributed by atoms with Crippen molar-refractivity contribution < 1.29 is 0 Å². The Labute approximate surface area is 276 Å². The van der Waals surface area contributed by atoms with Crippen molar-refractivity contribution in [3.8, 4) is 0 Å². The van der Waals surface area contributed by atoms with Gasteiger partial charge in [-0.25, -0.2) is 0 Å². The van der Waals surface area contributed by atoms with Crippen molar-refractivity contribution >= 4 is 21.9 Å². The van der Waals surface area contributed by atoms with Gasteiger partial charge in [0.2, 0.25) is 0 Å². The lowest BCUT2D eigenvalue weighted by Crippen LogP contribution is -2.29. The van der Waals surface area contributed by atoms with E-state index in [-0.39, 0.29) is 0 Å². The van der Waals surface area contributed by atoms with E-state index in [0.717, 1.165) is 52.8 Å². The zero-order valence-electron chi connectivity index (χ0n) is 27.3. The Balaban J connectivity index is 1.89. The molecule has 0 spiro atoms. The molecular weight excluding hydrogens is 555 g/mol. The van der Waals surface area contributed by atoms with Crippen LogP contribution in [0.5, 0.6) is 0 Å². The van der Waals surface area contributed by atoms with Crippen LogP contribution in [0.3, 0.4) is 0 Å². The Kier molecular flexibility index (Phi) is 12.5. The molecule has 0 aliphatic carbocycles. The zero-order chi connectivity index (χ0) is 32.7. The highest BCUT2D eigenvalue weighted by atomic mass is 15.2. The standard InChI is InChI=1S/C45H45N/c1-7-12-14-15-16-21-36(10-4)42(11-5)45(40-29-28-38-33-35(6)26-27-39(38)34-40)44-25-18-17-24-43(44)37(20-9-3)22-19-31-46-32-30-41(46)23-13-8-2/h7-21,23-29,31,33-34H,1,3-5,22,30,32H2,2,6H3/b13-8-,14-12+,16-15-,31-19-,36-21-,37-20+,41-23+,45-42-. The van der Waals surface area contributed by atoms with Crippen LogP contribution in [0.4, 0.5) is 0 Å². The summed E-state index contributed by atoms with van der Waals surface area (Å²) in [7, 11) is 0. The summed E-state index contributed by atoms with van der Waals surface area (Å²) >= 11 is 0. The fraction of sp³-hybridized carbons (Fsp3) is 0.111. The third-order valence-electron chi connectivity index (χ3n) is 7.98. The Hall–Kier alpha value is -5.40. The van der Waals surface area contributed by atoms with E-state index in [1.54, 1.807) is 6.08 Å². The van der Waals surface area contributed by atoms with Gasteiger partial charge < -0.3 is 4.90 Å². The molecule has 1 aliphatic heterocycles. The number of rotatable bonds is 14. The van der Waals surface area contributed by atoms with Gasteiger partial charge in [0, 0.05) is 24.9 Å². The molecule has 230 valence electrons. The van der Waals surface area contributed by atoms with Gasteiger partial charge in [-0.2, -0.15) is 0 Å². The number of benzene rings is 3. The van der Waals surface area contributed by atoms with E-state index in [2.05, 4.69) is 141 Å². The summed E-state index contributed by atoms with van der Waals surface area (Å²) in [5.74, 6) is 0. The minimum absolute atomic E-state index is 0.770. The number of likely N-dealkylation sites (tertiary alicyclic amines) is 1. The highest BCUT2D eigenvalue weighted by Crippen LogP contribution is 2.38. The predicted molar refractivity (Wildman–Crippen MR) is 204 cm³/mol. The van der Waals surface area contributed by atoms with Gasteiger partial charge in [0.15, 0.2) is 0 Å². The number of aryl methyl sites for hydroxylation is 1. The summed E-state index contributed by atoms with van der Waals surface area (Å²) in [6.07, 6.45) is 32.3. The first-order chi connectivity index (χ1) is 22.5. The van der Waals surface area contributed by atoms with Gasteiger partial charge >= 0.3 is 0 Å². The van der Waals surface area contributed by atoms with Crippen LogP contribution in [0.2, 0.25) is 0 Å². The van der Waals surface area contributed by atoms with Crippen LogP contribution < -0.4 is 0 Å². The summed E-state index contributed by atoms with van der Waals surface area (Å²) in [6, 6.07) is 22.0. The predicted octanol–water partition coefficient (Wildman–Crippen LogP) is 12.2. The van der Waals surface area contributed by atoms with Crippen molar-refractivity contribution in [3.63, 3.8) is 0 Å². The van der Waals surface area contributed by atoms with Gasteiger partial charge in [0.05, 0.1) is 0 Å². The molecule has 0 atom stereocenters. The molecule has 1 nitrogen and oxygen atoms in total. The molecule has 46 heavy (non-hydrogen) atoms. The number of hydrogen-bond donors (Lipinski definition) is 0. The quantitative estimate of drug-likeness (QED) is 0.167. The van der Waals surface area contributed by atoms with E-state index in [1.165, 1.54) is 27.6 Å². The monoisotopic (exact) mass is 599 g/mol. The molecule has 0 bridgehead atoms. The Morgan fingerprint density at radius 1 is 0.783 bits per heavy atom. The molecule has 1 aliphatic rings. The topological polar surface area (TPSA) is 3.24 Å². The molecule has 0 aromatic heterocycles. The van der Waals surface area contributed by atoms with E-state index in [9.17, 15) is 0 Å². The fourth-order valence-corrected chi connectivity index (χ4v) is 5.60. The molecule has 1 saturated heterocycles. The molecule has 0 amide bonds. The van der Waals surface area contributed by atoms with Crippen LogP contribution in [0.25, 0.3) is 21.9 Å². The van der Waals surface area contributed by atoms with Gasteiger partial charge in [0.25, 0.3) is 0 Å². The van der Waals surface area contributed by atoms with Crippen LogP contribution in [-0.4, -0.2) is 11.4 Å². The second kappa shape index (κ2) is 17.2. The highest BCUT2D eigenvalue weighted by molar-refractivity contribution is 5.96. The van der Waals surface area contributed by atoms with E-state index in [1.807, 2.05) is 49.5 Å². The third-order valence-corrected chi connectivity index (χ3v) is 7.98. The molecule has 0 N–H and O–H groups in total. The van der Waals surface area contributed by atoms with E-state index >= 15 is 0 Å². The van der Waals surface area contributed by atoms with Gasteiger partial charge in [-0.05, 0) is 82.2 Å². The summed E-state index contributed by atoms with van der Waals surface area (Å²) in [5.41, 5.74) is 10.3. The van der Waals surface area contributed by atoms with Crippen LogP contribution in [-0.2, 0) is 0 Å². The van der Waals surface area contributed by atoms with Crippen LogP contribution >= 0.6 is 0 Å². The second-order valence-corrected chi connectivity index (χ2v) is 11.1. The first kappa shape index (κ1) is 33.5. The van der Waals surface area contributed by atoms with E-state index in [0.29, 0.717) is 0 Å². The minimum Gasteiger partial charge on any atom is -0.351 e. The van der Waals surface area contributed by atoms with Crippen LogP contribution in [0, 0.1) is 6.92 Å².